The smallest absolute Gasteiger partial charge is 0.343 e. The zero-order chi connectivity index (χ0) is 20.3. The predicted molar refractivity (Wildman–Crippen MR) is 109 cm³/mol. The van der Waals surface area contributed by atoms with Crippen LogP contribution in [0.2, 0.25) is 0 Å². The third-order valence-corrected chi connectivity index (χ3v) is 5.00. The van der Waals surface area contributed by atoms with E-state index in [9.17, 15) is 9.59 Å². The maximum absolute atomic E-state index is 12.7. The molecule has 0 amide bonds. The van der Waals surface area contributed by atoms with Crippen molar-refractivity contribution in [1.82, 2.24) is 0 Å². The van der Waals surface area contributed by atoms with Crippen LogP contribution in [-0.4, -0.2) is 31.1 Å². The van der Waals surface area contributed by atoms with E-state index in [-0.39, 0.29) is 11.9 Å². The molecule has 0 aromatic heterocycles. The highest BCUT2D eigenvalue weighted by atomic mass is 16.5. The van der Waals surface area contributed by atoms with Gasteiger partial charge in [-0.05, 0) is 88.1 Å². The number of aryl methyl sites for hydroxylation is 2. The van der Waals surface area contributed by atoms with Crippen LogP contribution in [0.5, 0.6) is 5.75 Å². The Kier molecular flexibility index (Phi) is 6.02. The summed E-state index contributed by atoms with van der Waals surface area (Å²) in [6.45, 7) is 9.43. The number of hydrogen-bond acceptors (Lipinski definition) is 5. The van der Waals surface area contributed by atoms with Gasteiger partial charge in [-0.25, -0.2) is 9.59 Å². The normalized spacial score (nSPS) is 13.2. The van der Waals surface area contributed by atoms with Crippen molar-refractivity contribution >= 4 is 17.6 Å². The first-order valence-electron chi connectivity index (χ1n) is 9.80. The van der Waals surface area contributed by atoms with Crippen LogP contribution in [-0.2, 0) is 11.2 Å². The highest BCUT2D eigenvalue weighted by Crippen LogP contribution is 2.32. The third-order valence-electron chi connectivity index (χ3n) is 5.00. The van der Waals surface area contributed by atoms with Gasteiger partial charge >= 0.3 is 11.9 Å². The summed E-state index contributed by atoms with van der Waals surface area (Å²) in [5.41, 5.74) is 4.32. The molecular formula is C23H27NO4. The average Bonchev–Trinajstić information content (AvgIpc) is 2.67. The monoisotopic (exact) mass is 381 g/mol. The number of carbonyl (C=O) groups excluding carboxylic acids is 2. The van der Waals surface area contributed by atoms with Crippen LogP contribution in [0.15, 0.2) is 36.4 Å². The summed E-state index contributed by atoms with van der Waals surface area (Å²) in [5.74, 6) is -0.370. The minimum Gasteiger partial charge on any atom is -0.462 e. The Hall–Kier alpha value is -2.82. The number of fused-ring (bicyclic) bond motifs is 1. The Labute approximate surface area is 166 Å². The van der Waals surface area contributed by atoms with Gasteiger partial charge < -0.3 is 14.4 Å². The lowest BCUT2D eigenvalue weighted by Gasteiger charge is -2.35. The standard InChI is InChI=1S/C23H27NO4/c1-5-27-22(25)17-8-10-19(11-9-17)28-23(26)20-14-18-7-6-12-24(15(2)3)21(18)13-16(20)4/h8-11,13-15H,5-7,12H2,1-4H3. The fourth-order valence-corrected chi connectivity index (χ4v) is 3.56. The maximum Gasteiger partial charge on any atom is 0.343 e. The first-order chi connectivity index (χ1) is 13.4. The molecule has 148 valence electrons. The average molecular weight is 381 g/mol. The molecule has 0 bridgehead atoms. The summed E-state index contributed by atoms with van der Waals surface area (Å²) in [5, 5.41) is 0. The van der Waals surface area contributed by atoms with Crippen LogP contribution >= 0.6 is 0 Å². The van der Waals surface area contributed by atoms with Gasteiger partial charge in [-0.3, -0.25) is 0 Å². The molecule has 1 heterocycles. The molecule has 0 radical (unpaired) electrons. The lowest BCUT2D eigenvalue weighted by atomic mass is 9.95. The van der Waals surface area contributed by atoms with Gasteiger partial charge in [0.2, 0.25) is 0 Å². The second-order valence-electron chi connectivity index (χ2n) is 7.32. The fraction of sp³-hybridized carbons (Fsp3) is 0.391. The van der Waals surface area contributed by atoms with E-state index < -0.39 is 0 Å². The summed E-state index contributed by atoms with van der Waals surface area (Å²) >= 11 is 0. The van der Waals surface area contributed by atoms with E-state index in [2.05, 4.69) is 24.8 Å². The summed E-state index contributed by atoms with van der Waals surface area (Å²) in [6.07, 6.45) is 2.05. The number of esters is 2. The van der Waals surface area contributed by atoms with E-state index >= 15 is 0 Å². The molecule has 0 unspecified atom stereocenters. The Morgan fingerprint density at radius 1 is 1.11 bits per heavy atom. The first-order valence-corrected chi connectivity index (χ1v) is 9.80. The summed E-state index contributed by atoms with van der Waals surface area (Å²) in [4.78, 5) is 26.8. The van der Waals surface area contributed by atoms with Crippen molar-refractivity contribution in [3.8, 4) is 5.75 Å². The van der Waals surface area contributed by atoms with Crippen molar-refractivity contribution in [2.24, 2.45) is 0 Å². The number of rotatable bonds is 5. The summed E-state index contributed by atoms with van der Waals surface area (Å²) < 4.78 is 10.5. The summed E-state index contributed by atoms with van der Waals surface area (Å²) in [7, 11) is 0. The van der Waals surface area contributed by atoms with Gasteiger partial charge in [-0.15, -0.1) is 0 Å². The molecule has 1 aliphatic rings. The van der Waals surface area contributed by atoms with E-state index in [0.717, 1.165) is 24.9 Å². The Morgan fingerprint density at radius 3 is 2.46 bits per heavy atom. The highest BCUT2D eigenvalue weighted by Gasteiger charge is 2.23. The van der Waals surface area contributed by atoms with Crippen LogP contribution in [0.4, 0.5) is 5.69 Å². The first kappa shape index (κ1) is 19.9. The Morgan fingerprint density at radius 2 is 1.82 bits per heavy atom. The molecule has 1 aliphatic heterocycles. The molecule has 2 aromatic rings. The molecule has 5 heteroatoms. The fourth-order valence-electron chi connectivity index (χ4n) is 3.56. The largest absolute Gasteiger partial charge is 0.462 e. The van der Waals surface area contributed by atoms with Gasteiger partial charge in [0.25, 0.3) is 0 Å². The molecule has 0 fully saturated rings. The van der Waals surface area contributed by atoms with Crippen molar-refractivity contribution in [1.29, 1.82) is 0 Å². The number of ether oxygens (including phenoxy) is 2. The van der Waals surface area contributed by atoms with Gasteiger partial charge in [0.1, 0.15) is 5.75 Å². The second-order valence-corrected chi connectivity index (χ2v) is 7.32. The SMILES string of the molecule is CCOC(=O)c1ccc(OC(=O)c2cc3c(cc2C)N(C(C)C)CCC3)cc1. The lowest BCUT2D eigenvalue weighted by Crippen LogP contribution is -2.35. The van der Waals surface area contributed by atoms with Crippen LogP contribution in [0, 0.1) is 6.92 Å². The molecule has 0 aliphatic carbocycles. The van der Waals surface area contributed by atoms with E-state index in [1.54, 1.807) is 31.2 Å². The minimum absolute atomic E-state index is 0.321. The zero-order valence-electron chi connectivity index (χ0n) is 17.0. The number of nitrogens with zero attached hydrogens (tertiary/aromatic N) is 1. The predicted octanol–water partition coefficient (Wildman–Crippen LogP) is 4.55. The minimum atomic E-state index is -0.388. The van der Waals surface area contributed by atoms with E-state index in [4.69, 9.17) is 9.47 Å². The third kappa shape index (κ3) is 4.19. The van der Waals surface area contributed by atoms with Gasteiger partial charge in [0.15, 0.2) is 0 Å². The van der Waals surface area contributed by atoms with E-state index in [1.807, 2.05) is 13.0 Å². The zero-order valence-corrected chi connectivity index (χ0v) is 17.0. The van der Waals surface area contributed by atoms with Crippen molar-refractivity contribution in [3.63, 3.8) is 0 Å². The molecular weight excluding hydrogens is 354 g/mol. The van der Waals surface area contributed by atoms with Crippen LogP contribution in [0.25, 0.3) is 0 Å². The van der Waals surface area contributed by atoms with Crippen molar-refractivity contribution in [3.05, 3.63) is 58.7 Å². The van der Waals surface area contributed by atoms with Crippen LogP contribution in [0.1, 0.15) is 59.0 Å². The van der Waals surface area contributed by atoms with Crippen molar-refractivity contribution in [2.45, 2.75) is 46.6 Å². The van der Waals surface area contributed by atoms with Crippen molar-refractivity contribution < 1.29 is 19.1 Å². The molecule has 3 rings (SSSR count). The summed E-state index contributed by atoms with van der Waals surface area (Å²) in [6, 6.07) is 10.9. The molecule has 0 saturated carbocycles. The van der Waals surface area contributed by atoms with Gasteiger partial charge in [-0.1, -0.05) is 0 Å². The van der Waals surface area contributed by atoms with E-state index in [0.29, 0.717) is 29.5 Å². The van der Waals surface area contributed by atoms with Gasteiger partial charge in [-0.2, -0.15) is 0 Å². The van der Waals surface area contributed by atoms with Crippen LogP contribution in [0.3, 0.4) is 0 Å². The lowest BCUT2D eigenvalue weighted by molar-refractivity contribution is 0.0526. The topological polar surface area (TPSA) is 55.8 Å². The molecule has 5 nitrogen and oxygen atoms in total. The number of anilines is 1. The molecule has 0 atom stereocenters. The number of hydrogen-bond donors (Lipinski definition) is 0. The Balaban J connectivity index is 1.79. The van der Waals surface area contributed by atoms with Gasteiger partial charge in [0.05, 0.1) is 17.7 Å². The van der Waals surface area contributed by atoms with E-state index in [1.165, 1.54) is 11.3 Å². The number of benzene rings is 2. The molecule has 28 heavy (non-hydrogen) atoms. The molecule has 0 N–H and O–H groups in total. The van der Waals surface area contributed by atoms with Crippen LogP contribution < -0.4 is 9.64 Å². The molecule has 0 spiro atoms. The highest BCUT2D eigenvalue weighted by molar-refractivity contribution is 5.94. The molecule has 0 saturated heterocycles. The second kappa shape index (κ2) is 8.46. The van der Waals surface area contributed by atoms with Gasteiger partial charge in [0, 0.05) is 18.3 Å². The van der Waals surface area contributed by atoms with Crippen molar-refractivity contribution in [2.75, 3.05) is 18.1 Å². The molecule has 2 aromatic carbocycles. The quantitative estimate of drug-likeness (QED) is 0.562. The number of carbonyl (C=O) groups is 2. The maximum atomic E-state index is 12.7. The Bertz CT molecular complexity index is 871.